The number of nitrogens with one attached hydrogen (secondary N) is 2. The first-order valence-corrected chi connectivity index (χ1v) is 8.24. The van der Waals surface area contributed by atoms with E-state index in [1.165, 1.54) is 12.4 Å². The highest BCUT2D eigenvalue weighted by molar-refractivity contribution is 6.39. The van der Waals surface area contributed by atoms with Gasteiger partial charge in [0.25, 0.3) is 5.91 Å². The second kappa shape index (κ2) is 7.96. The summed E-state index contributed by atoms with van der Waals surface area (Å²) >= 11 is 12.1. The van der Waals surface area contributed by atoms with Crippen molar-refractivity contribution in [1.29, 1.82) is 0 Å². The number of rotatable bonds is 5. The molecule has 0 spiro atoms. The van der Waals surface area contributed by atoms with Crippen molar-refractivity contribution in [3.63, 3.8) is 0 Å². The van der Waals surface area contributed by atoms with Crippen molar-refractivity contribution in [3.8, 4) is 0 Å². The highest BCUT2D eigenvalue weighted by Gasteiger charge is 2.13. The van der Waals surface area contributed by atoms with Crippen LogP contribution >= 0.6 is 23.2 Å². The highest BCUT2D eigenvalue weighted by atomic mass is 35.5. The molecule has 126 valence electrons. The number of nitrogens with zero attached hydrogens (tertiary/aromatic N) is 2. The number of hydrogen-bond donors (Lipinski definition) is 2. The maximum absolute atomic E-state index is 12.3. The first kappa shape index (κ1) is 17.2. The predicted molar refractivity (Wildman–Crippen MR) is 100 cm³/mol. The zero-order valence-electron chi connectivity index (χ0n) is 13.0. The molecular formula is C18H14Cl2N4O. The van der Waals surface area contributed by atoms with Crippen molar-refractivity contribution in [1.82, 2.24) is 9.97 Å². The lowest BCUT2D eigenvalue weighted by Crippen LogP contribution is -2.15. The van der Waals surface area contributed by atoms with Crippen LogP contribution in [0.5, 0.6) is 0 Å². The normalized spacial score (nSPS) is 10.3. The van der Waals surface area contributed by atoms with Crippen LogP contribution in [-0.4, -0.2) is 15.9 Å². The van der Waals surface area contributed by atoms with Crippen molar-refractivity contribution in [2.75, 3.05) is 10.6 Å². The Kier molecular flexibility index (Phi) is 5.48. The molecule has 2 aromatic carbocycles. The molecule has 0 aliphatic carbocycles. The first-order valence-electron chi connectivity index (χ1n) is 7.48. The van der Waals surface area contributed by atoms with Crippen molar-refractivity contribution in [2.45, 2.75) is 6.54 Å². The molecule has 25 heavy (non-hydrogen) atoms. The number of carbonyl (C=O) groups excluding carboxylic acids is 1. The van der Waals surface area contributed by atoms with Crippen molar-refractivity contribution in [3.05, 3.63) is 82.2 Å². The SMILES string of the molecule is O=C(Nc1c(Cl)cccc1Cl)c1cnc(NCc2ccccc2)cn1. The number of carbonyl (C=O) groups is 1. The summed E-state index contributed by atoms with van der Waals surface area (Å²) in [6.45, 7) is 0.621. The molecule has 1 heterocycles. The summed E-state index contributed by atoms with van der Waals surface area (Å²) in [6, 6.07) is 14.9. The fraction of sp³-hybridized carbons (Fsp3) is 0.0556. The van der Waals surface area contributed by atoms with Crippen molar-refractivity contribution >= 4 is 40.6 Å². The van der Waals surface area contributed by atoms with Gasteiger partial charge < -0.3 is 10.6 Å². The number of para-hydroxylation sites is 1. The van der Waals surface area contributed by atoms with Crippen LogP contribution in [0.15, 0.2) is 60.9 Å². The van der Waals surface area contributed by atoms with E-state index in [4.69, 9.17) is 23.2 Å². The Morgan fingerprint density at radius 3 is 2.28 bits per heavy atom. The van der Waals surface area contributed by atoms with E-state index >= 15 is 0 Å². The smallest absolute Gasteiger partial charge is 0.275 e. The predicted octanol–water partition coefficient (Wildman–Crippen LogP) is 4.65. The van der Waals surface area contributed by atoms with Gasteiger partial charge in [-0.1, -0.05) is 59.6 Å². The highest BCUT2D eigenvalue weighted by Crippen LogP contribution is 2.30. The molecule has 0 bridgehead atoms. The molecule has 0 fully saturated rings. The first-order chi connectivity index (χ1) is 12.1. The topological polar surface area (TPSA) is 66.9 Å². The van der Waals surface area contributed by atoms with Crippen LogP contribution in [-0.2, 0) is 6.54 Å². The molecule has 0 unspecified atom stereocenters. The zero-order chi connectivity index (χ0) is 17.6. The van der Waals surface area contributed by atoms with Gasteiger partial charge in [-0.05, 0) is 17.7 Å². The molecule has 1 aromatic heterocycles. The van der Waals surface area contributed by atoms with Gasteiger partial charge in [0, 0.05) is 6.54 Å². The summed E-state index contributed by atoms with van der Waals surface area (Å²) in [5, 5.41) is 6.51. The standard InChI is InChI=1S/C18H14Cl2N4O/c19-13-7-4-8-14(20)17(13)24-18(25)15-10-23-16(11-21-15)22-9-12-5-2-1-3-6-12/h1-8,10-11H,9H2,(H,22,23)(H,24,25). The molecule has 0 aliphatic rings. The summed E-state index contributed by atoms with van der Waals surface area (Å²) in [5.74, 6) is 0.147. The van der Waals surface area contributed by atoms with Gasteiger partial charge in [-0.2, -0.15) is 0 Å². The summed E-state index contributed by atoms with van der Waals surface area (Å²) in [5.41, 5.74) is 1.64. The van der Waals surface area contributed by atoms with E-state index in [2.05, 4.69) is 20.6 Å². The average molecular weight is 373 g/mol. The maximum atomic E-state index is 12.3. The quantitative estimate of drug-likeness (QED) is 0.683. The van der Waals surface area contributed by atoms with E-state index in [0.717, 1.165) is 5.56 Å². The largest absolute Gasteiger partial charge is 0.365 e. The number of aromatic nitrogens is 2. The molecular weight excluding hydrogens is 359 g/mol. The van der Waals surface area contributed by atoms with Gasteiger partial charge in [-0.15, -0.1) is 0 Å². The number of amides is 1. The molecule has 0 atom stereocenters. The van der Waals surface area contributed by atoms with Crippen LogP contribution in [0.2, 0.25) is 10.0 Å². The van der Waals surface area contributed by atoms with Gasteiger partial charge in [-0.25, -0.2) is 9.97 Å². The Labute approximate surface area is 155 Å². The number of anilines is 2. The monoisotopic (exact) mass is 372 g/mol. The Balaban J connectivity index is 1.64. The molecule has 0 saturated heterocycles. The third-order valence-electron chi connectivity index (χ3n) is 3.40. The Morgan fingerprint density at radius 1 is 0.920 bits per heavy atom. The second-order valence-corrected chi connectivity index (χ2v) is 5.99. The molecule has 3 aromatic rings. The molecule has 5 nitrogen and oxygen atoms in total. The summed E-state index contributed by atoms with van der Waals surface area (Å²) in [7, 11) is 0. The maximum Gasteiger partial charge on any atom is 0.275 e. The minimum Gasteiger partial charge on any atom is -0.365 e. The number of hydrogen-bond acceptors (Lipinski definition) is 4. The van der Waals surface area contributed by atoms with Gasteiger partial charge in [-0.3, -0.25) is 4.79 Å². The zero-order valence-corrected chi connectivity index (χ0v) is 14.6. The number of halogens is 2. The van der Waals surface area contributed by atoms with E-state index in [0.29, 0.717) is 28.1 Å². The molecule has 0 aliphatic heterocycles. The van der Waals surface area contributed by atoms with E-state index < -0.39 is 5.91 Å². The van der Waals surface area contributed by atoms with Crippen LogP contribution in [0.1, 0.15) is 16.1 Å². The molecule has 0 saturated carbocycles. The van der Waals surface area contributed by atoms with Gasteiger partial charge in [0.15, 0.2) is 0 Å². The van der Waals surface area contributed by atoms with Gasteiger partial charge in [0.05, 0.1) is 28.1 Å². The van der Waals surface area contributed by atoms with Gasteiger partial charge in [0.2, 0.25) is 0 Å². The minimum atomic E-state index is -0.433. The molecule has 1 amide bonds. The Hall–Kier alpha value is -2.63. The van der Waals surface area contributed by atoms with Crippen LogP contribution in [0, 0.1) is 0 Å². The Morgan fingerprint density at radius 2 is 1.64 bits per heavy atom. The van der Waals surface area contributed by atoms with E-state index in [9.17, 15) is 4.79 Å². The van der Waals surface area contributed by atoms with Crippen molar-refractivity contribution < 1.29 is 4.79 Å². The average Bonchev–Trinajstić information content (AvgIpc) is 2.64. The Bertz CT molecular complexity index is 850. The van der Waals surface area contributed by atoms with E-state index in [1.54, 1.807) is 18.2 Å². The molecule has 2 N–H and O–H groups in total. The lowest BCUT2D eigenvalue weighted by molar-refractivity contribution is 0.102. The molecule has 3 rings (SSSR count). The van der Waals surface area contributed by atoms with E-state index in [1.807, 2.05) is 30.3 Å². The van der Waals surface area contributed by atoms with Crippen LogP contribution < -0.4 is 10.6 Å². The summed E-state index contributed by atoms with van der Waals surface area (Å²) < 4.78 is 0. The molecule has 7 heteroatoms. The van der Waals surface area contributed by atoms with E-state index in [-0.39, 0.29) is 5.69 Å². The fourth-order valence-electron chi connectivity index (χ4n) is 2.12. The summed E-state index contributed by atoms with van der Waals surface area (Å²) in [4.78, 5) is 20.6. The fourth-order valence-corrected chi connectivity index (χ4v) is 2.61. The van der Waals surface area contributed by atoms with Crippen LogP contribution in [0.3, 0.4) is 0 Å². The summed E-state index contributed by atoms with van der Waals surface area (Å²) in [6.07, 6.45) is 2.90. The second-order valence-electron chi connectivity index (χ2n) is 5.18. The minimum absolute atomic E-state index is 0.168. The third kappa shape index (κ3) is 4.47. The third-order valence-corrected chi connectivity index (χ3v) is 4.03. The van der Waals surface area contributed by atoms with Crippen LogP contribution in [0.25, 0.3) is 0 Å². The lowest BCUT2D eigenvalue weighted by atomic mass is 10.2. The lowest BCUT2D eigenvalue weighted by Gasteiger charge is -2.09. The van der Waals surface area contributed by atoms with Gasteiger partial charge in [0.1, 0.15) is 11.5 Å². The van der Waals surface area contributed by atoms with Crippen LogP contribution in [0.4, 0.5) is 11.5 Å². The molecule has 0 radical (unpaired) electrons. The number of benzene rings is 2. The van der Waals surface area contributed by atoms with Crippen molar-refractivity contribution in [2.24, 2.45) is 0 Å². The van der Waals surface area contributed by atoms with Gasteiger partial charge >= 0.3 is 0 Å².